The lowest BCUT2D eigenvalue weighted by Gasteiger charge is -2.07. The number of nitrogen functional groups attached to an aromatic ring is 1. The predicted molar refractivity (Wildman–Crippen MR) is 77.9 cm³/mol. The fraction of sp³-hybridized carbons (Fsp3) is 0. The van der Waals surface area contributed by atoms with Gasteiger partial charge >= 0.3 is 0 Å². The number of nitrogens with zero attached hydrogens (tertiary/aromatic N) is 3. The van der Waals surface area contributed by atoms with Crippen molar-refractivity contribution in [2.24, 2.45) is 0 Å². The topological polar surface area (TPSA) is 67.6 Å². The van der Waals surface area contributed by atoms with E-state index in [0.717, 1.165) is 21.1 Å². The third-order valence-corrected chi connectivity index (χ3v) is 3.54. The molecule has 2 aromatic carbocycles. The number of hydrogen-bond acceptors (Lipinski definition) is 3. The Morgan fingerprint density at radius 2 is 2.05 bits per heavy atom. The summed E-state index contributed by atoms with van der Waals surface area (Å²) in [6.45, 7) is 0. The zero-order valence-corrected chi connectivity index (χ0v) is 11.4. The van der Waals surface area contributed by atoms with E-state index >= 15 is 0 Å². The molecule has 0 unspecified atom stereocenters. The molecule has 0 spiro atoms. The predicted octanol–water partition coefficient (Wildman–Crippen LogP) is 3.24. The fourth-order valence-corrected chi connectivity index (χ4v) is 2.52. The van der Waals surface area contributed by atoms with Crippen LogP contribution in [0.25, 0.3) is 16.6 Å². The van der Waals surface area contributed by atoms with Crippen molar-refractivity contribution in [1.82, 2.24) is 9.78 Å². The Labute approximate surface area is 118 Å². The Bertz CT molecular complexity index is 814. The number of nitrogens with two attached hydrogens (primary N) is 1. The average molecular weight is 313 g/mol. The van der Waals surface area contributed by atoms with Crippen LogP contribution in [0.3, 0.4) is 0 Å². The minimum absolute atomic E-state index is 0.603. The number of hydrogen-bond donors (Lipinski definition) is 1. The fourth-order valence-electron chi connectivity index (χ4n) is 1.98. The van der Waals surface area contributed by atoms with Crippen LogP contribution >= 0.6 is 15.9 Å². The number of rotatable bonds is 1. The molecule has 4 nitrogen and oxygen atoms in total. The van der Waals surface area contributed by atoms with Crippen molar-refractivity contribution in [2.75, 3.05) is 5.73 Å². The Balaban J connectivity index is 2.25. The van der Waals surface area contributed by atoms with E-state index in [2.05, 4.69) is 27.1 Å². The maximum absolute atomic E-state index is 8.88. The second-order valence-corrected chi connectivity index (χ2v) is 5.01. The Kier molecular flexibility index (Phi) is 2.73. The van der Waals surface area contributed by atoms with Gasteiger partial charge in [0.05, 0.1) is 29.0 Å². The summed E-state index contributed by atoms with van der Waals surface area (Å²) in [6.07, 6.45) is 1.79. The summed E-state index contributed by atoms with van der Waals surface area (Å²) in [5, 5.41) is 14.3. The molecule has 0 radical (unpaired) electrons. The molecule has 0 bridgehead atoms. The first kappa shape index (κ1) is 11.8. The summed E-state index contributed by atoms with van der Waals surface area (Å²) in [6, 6.07) is 13.2. The number of anilines is 1. The van der Waals surface area contributed by atoms with Crippen LogP contribution in [0.1, 0.15) is 5.56 Å². The summed E-state index contributed by atoms with van der Waals surface area (Å²) in [7, 11) is 0. The minimum atomic E-state index is 0.603. The zero-order chi connectivity index (χ0) is 13.4. The molecule has 3 aromatic rings. The first-order chi connectivity index (χ1) is 9.19. The van der Waals surface area contributed by atoms with Gasteiger partial charge in [-0.25, -0.2) is 4.68 Å². The van der Waals surface area contributed by atoms with Crippen molar-refractivity contribution >= 4 is 32.5 Å². The Hall–Kier alpha value is -2.32. The van der Waals surface area contributed by atoms with E-state index in [-0.39, 0.29) is 0 Å². The van der Waals surface area contributed by atoms with Gasteiger partial charge in [-0.3, -0.25) is 0 Å². The van der Waals surface area contributed by atoms with Crippen molar-refractivity contribution in [1.29, 1.82) is 5.26 Å². The molecule has 1 aromatic heterocycles. The largest absolute Gasteiger partial charge is 0.399 e. The van der Waals surface area contributed by atoms with E-state index in [1.54, 1.807) is 23.0 Å². The van der Waals surface area contributed by atoms with E-state index in [4.69, 9.17) is 11.0 Å². The minimum Gasteiger partial charge on any atom is -0.399 e. The van der Waals surface area contributed by atoms with Crippen LogP contribution in [-0.4, -0.2) is 9.78 Å². The first-order valence-corrected chi connectivity index (χ1v) is 6.41. The lowest BCUT2D eigenvalue weighted by molar-refractivity contribution is 0.906. The van der Waals surface area contributed by atoms with Crippen molar-refractivity contribution in [2.45, 2.75) is 0 Å². The molecular weight excluding hydrogens is 304 g/mol. The van der Waals surface area contributed by atoms with Crippen molar-refractivity contribution in [3.63, 3.8) is 0 Å². The van der Waals surface area contributed by atoms with E-state index in [9.17, 15) is 0 Å². The molecule has 0 atom stereocenters. The van der Waals surface area contributed by atoms with E-state index < -0.39 is 0 Å². The molecule has 2 N–H and O–H groups in total. The second-order valence-electron chi connectivity index (χ2n) is 4.15. The molecular formula is C14H9BrN4. The number of nitriles is 1. The maximum Gasteiger partial charge on any atom is 0.0992 e. The van der Waals surface area contributed by atoms with Gasteiger partial charge in [0.25, 0.3) is 0 Å². The number of aromatic nitrogens is 2. The molecule has 0 aliphatic heterocycles. The Morgan fingerprint density at radius 3 is 2.79 bits per heavy atom. The van der Waals surface area contributed by atoms with Crippen LogP contribution in [0.15, 0.2) is 47.1 Å². The van der Waals surface area contributed by atoms with Gasteiger partial charge in [0.15, 0.2) is 0 Å². The van der Waals surface area contributed by atoms with Gasteiger partial charge in [-0.05, 0) is 52.3 Å². The number of benzene rings is 2. The standard InChI is InChI=1S/C14H9BrN4/c15-12-5-9(7-16)1-4-13(12)19-14-6-11(17)3-2-10(14)8-18-19/h1-6,8H,17H2. The van der Waals surface area contributed by atoms with Gasteiger partial charge in [-0.1, -0.05) is 0 Å². The van der Waals surface area contributed by atoms with Crippen molar-refractivity contribution in [3.8, 4) is 11.8 Å². The molecule has 0 saturated carbocycles. The van der Waals surface area contributed by atoms with Gasteiger partial charge in [-0.2, -0.15) is 10.4 Å². The molecule has 0 aliphatic carbocycles. The van der Waals surface area contributed by atoms with E-state index in [0.29, 0.717) is 11.3 Å². The SMILES string of the molecule is N#Cc1ccc(-n2ncc3ccc(N)cc32)c(Br)c1. The molecule has 0 aliphatic rings. The summed E-state index contributed by atoms with van der Waals surface area (Å²) in [4.78, 5) is 0. The van der Waals surface area contributed by atoms with Gasteiger partial charge in [0.1, 0.15) is 0 Å². The van der Waals surface area contributed by atoms with Crippen LogP contribution in [0, 0.1) is 11.3 Å². The van der Waals surface area contributed by atoms with Gasteiger partial charge < -0.3 is 5.73 Å². The highest BCUT2D eigenvalue weighted by atomic mass is 79.9. The molecule has 0 amide bonds. The Morgan fingerprint density at radius 1 is 1.21 bits per heavy atom. The van der Waals surface area contributed by atoms with Crippen LogP contribution in [0.5, 0.6) is 0 Å². The zero-order valence-electron chi connectivity index (χ0n) is 9.84. The lowest BCUT2D eigenvalue weighted by atomic mass is 10.2. The molecule has 0 saturated heterocycles. The lowest BCUT2D eigenvalue weighted by Crippen LogP contribution is -1.98. The number of fused-ring (bicyclic) bond motifs is 1. The summed E-state index contributed by atoms with van der Waals surface area (Å²) < 4.78 is 2.62. The molecule has 5 heteroatoms. The third kappa shape index (κ3) is 1.96. The highest BCUT2D eigenvalue weighted by Crippen LogP contribution is 2.26. The quantitative estimate of drug-likeness (QED) is 0.701. The van der Waals surface area contributed by atoms with Crippen molar-refractivity contribution in [3.05, 3.63) is 52.6 Å². The highest BCUT2D eigenvalue weighted by Gasteiger charge is 2.09. The van der Waals surface area contributed by atoms with E-state index in [1.807, 2.05) is 24.3 Å². The third-order valence-electron chi connectivity index (χ3n) is 2.90. The van der Waals surface area contributed by atoms with Crippen LogP contribution in [0.2, 0.25) is 0 Å². The van der Waals surface area contributed by atoms with Gasteiger partial charge in [0.2, 0.25) is 0 Å². The number of halogens is 1. The molecule has 19 heavy (non-hydrogen) atoms. The maximum atomic E-state index is 8.88. The van der Waals surface area contributed by atoms with Crippen molar-refractivity contribution < 1.29 is 0 Å². The van der Waals surface area contributed by atoms with Crippen LogP contribution < -0.4 is 5.73 Å². The van der Waals surface area contributed by atoms with Gasteiger partial charge in [0, 0.05) is 15.5 Å². The first-order valence-electron chi connectivity index (χ1n) is 5.62. The van der Waals surface area contributed by atoms with Crippen LogP contribution in [0.4, 0.5) is 5.69 Å². The molecule has 0 fully saturated rings. The molecule has 1 heterocycles. The monoisotopic (exact) mass is 312 g/mol. The molecule has 3 rings (SSSR count). The summed E-state index contributed by atoms with van der Waals surface area (Å²) in [5.74, 6) is 0. The van der Waals surface area contributed by atoms with Crippen LogP contribution in [-0.2, 0) is 0 Å². The highest BCUT2D eigenvalue weighted by molar-refractivity contribution is 9.10. The van der Waals surface area contributed by atoms with Gasteiger partial charge in [-0.15, -0.1) is 0 Å². The van der Waals surface area contributed by atoms with E-state index in [1.165, 1.54) is 0 Å². The summed E-state index contributed by atoms with van der Waals surface area (Å²) in [5.41, 5.74) is 8.92. The second kappa shape index (κ2) is 4.41. The summed E-state index contributed by atoms with van der Waals surface area (Å²) >= 11 is 3.47. The normalized spacial score (nSPS) is 10.5. The molecule has 92 valence electrons. The average Bonchev–Trinajstić information content (AvgIpc) is 2.81. The smallest absolute Gasteiger partial charge is 0.0992 e.